The number of carbonyl (C=O) groups is 1. The second kappa shape index (κ2) is 8.14. The fourth-order valence-electron chi connectivity index (χ4n) is 2.09. The average Bonchev–Trinajstić information content (AvgIpc) is 2.61. The lowest BCUT2D eigenvalue weighted by Crippen LogP contribution is -2.38. The Balaban J connectivity index is 2.24. The van der Waals surface area contributed by atoms with Crippen molar-refractivity contribution >= 4 is 5.91 Å². The van der Waals surface area contributed by atoms with E-state index >= 15 is 0 Å². The normalized spacial score (nSPS) is 12.8. The highest BCUT2D eigenvalue weighted by molar-refractivity contribution is 5.97. The largest absolute Gasteiger partial charge is 0.455 e. The van der Waals surface area contributed by atoms with Crippen molar-refractivity contribution in [3.63, 3.8) is 0 Å². The maximum absolute atomic E-state index is 12.5. The zero-order chi connectivity index (χ0) is 17.5. The van der Waals surface area contributed by atoms with Gasteiger partial charge in [-0.1, -0.05) is 31.2 Å². The number of benzene rings is 2. The lowest BCUT2D eigenvalue weighted by atomic mass is 10.0. The van der Waals surface area contributed by atoms with Gasteiger partial charge in [0.1, 0.15) is 17.6 Å². The van der Waals surface area contributed by atoms with Gasteiger partial charge in [-0.3, -0.25) is 4.79 Å². The summed E-state index contributed by atoms with van der Waals surface area (Å²) >= 11 is 0. The Kier molecular flexibility index (Phi) is 5.94. The van der Waals surface area contributed by atoms with Gasteiger partial charge in [0.15, 0.2) is 0 Å². The molecule has 0 spiro atoms. The van der Waals surface area contributed by atoms with E-state index < -0.39 is 0 Å². The predicted molar refractivity (Wildman–Crippen MR) is 90.9 cm³/mol. The van der Waals surface area contributed by atoms with Gasteiger partial charge in [0.05, 0.1) is 11.1 Å². The molecule has 0 aliphatic rings. The molecule has 0 heterocycles. The van der Waals surface area contributed by atoms with Crippen molar-refractivity contribution in [3.8, 4) is 17.6 Å². The van der Waals surface area contributed by atoms with Crippen LogP contribution in [0.3, 0.4) is 0 Å². The van der Waals surface area contributed by atoms with Crippen LogP contribution in [0, 0.1) is 17.2 Å². The molecule has 1 amide bonds. The first-order valence-electron chi connectivity index (χ1n) is 7.74. The lowest BCUT2D eigenvalue weighted by Gasteiger charge is -2.20. The second-order valence-electron chi connectivity index (χ2n) is 5.63. The molecule has 0 aliphatic carbocycles. The molecular formula is C19H20N2O3. The highest BCUT2D eigenvalue weighted by Crippen LogP contribution is 2.27. The van der Waals surface area contributed by atoms with Gasteiger partial charge in [-0.2, -0.15) is 5.26 Å². The molecule has 0 saturated carbocycles. The summed E-state index contributed by atoms with van der Waals surface area (Å²) in [5.41, 5.74) is 0.775. The van der Waals surface area contributed by atoms with E-state index in [1.54, 1.807) is 48.5 Å². The van der Waals surface area contributed by atoms with E-state index in [1.165, 1.54) is 0 Å². The average molecular weight is 324 g/mol. The Hall–Kier alpha value is -2.84. The number of para-hydroxylation sites is 2. The van der Waals surface area contributed by atoms with Crippen LogP contribution in [0.4, 0.5) is 0 Å². The minimum absolute atomic E-state index is 0.00482. The van der Waals surface area contributed by atoms with E-state index in [0.29, 0.717) is 22.6 Å². The molecule has 24 heavy (non-hydrogen) atoms. The van der Waals surface area contributed by atoms with Crippen LogP contribution in [-0.2, 0) is 0 Å². The highest BCUT2D eigenvalue weighted by Gasteiger charge is 2.18. The number of hydrogen-bond donors (Lipinski definition) is 2. The summed E-state index contributed by atoms with van der Waals surface area (Å²) in [5, 5.41) is 21.2. The number of nitrogens with one attached hydrogen (secondary N) is 1. The quantitative estimate of drug-likeness (QED) is 0.855. The number of carbonyl (C=O) groups excluding carboxylic acids is 1. The molecule has 0 bridgehead atoms. The summed E-state index contributed by atoms with van der Waals surface area (Å²) in [6.45, 7) is 3.69. The molecule has 124 valence electrons. The zero-order valence-electron chi connectivity index (χ0n) is 13.7. The van der Waals surface area contributed by atoms with E-state index in [9.17, 15) is 9.90 Å². The summed E-state index contributed by atoms with van der Waals surface area (Å²) in [6.07, 6.45) is 0. The summed E-state index contributed by atoms with van der Waals surface area (Å²) in [7, 11) is 0. The molecule has 5 nitrogen and oxygen atoms in total. The van der Waals surface area contributed by atoms with Crippen molar-refractivity contribution in [2.45, 2.75) is 19.9 Å². The Bertz CT molecular complexity index is 752. The SMILES string of the molecule is C[C@H](CO)[C@H](C)NC(=O)c1ccccc1Oc1ccccc1C#N. The monoisotopic (exact) mass is 324 g/mol. The van der Waals surface area contributed by atoms with Crippen molar-refractivity contribution in [2.24, 2.45) is 5.92 Å². The van der Waals surface area contributed by atoms with Crippen LogP contribution in [0.1, 0.15) is 29.8 Å². The van der Waals surface area contributed by atoms with Crippen LogP contribution in [0.15, 0.2) is 48.5 Å². The molecule has 2 N–H and O–H groups in total. The van der Waals surface area contributed by atoms with Crippen LogP contribution in [0.5, 0.6) is 11.5 Å². The van der Waals surface area contributed by atoms with Crippen molar-refractivity contribution < 1.29 is 14.6 Å². The summed E-state index contributed by atoms with van der Waals surface area (Å²) in [6, 6.07) is 15.6. The van der Waals surface area contributed by atoms with E-state index in [0.717, 1.165) is 0 Å². The van der Waals surface area contributed by atoms with E-state index in [1.807, 2.05) is 13.8 Å². The second-order valence-corrected chi connectivity index (χ2v) is 5.63. The fourth-order valence-corrected chi connectivity index (χ4v) is 2.09. The number of nitrogens with zero attached hydrogens (tertiary/aromatic N) is 1. The predicted octanol–water partition coefficient (Wildman–Crippen LogP) is 3.10. The van der Waals surface area contributed by atoms with Gasteiger partial charge in [0.2, 0.25) is 0 Å². The van der Waals surface area contributed by atoms with Gasteiger partial charge in [0, 0.05) is 12.6 Å². The number of hydrogen-bond acceptors (Lipinski definition) is 4. The topological polar surface area (TPSA) is 82.3 Å². The van der Waals surface area contributed by atoms with E-state index in [2.05, 4.69) is 11.4 Å². The third-order valence-electron chi connectivity index (χ3n) is 3.86. The van der Waals surface area contributed by atoms with Gasteiger partial charge in [0.25, 0.3) is 5.91 Å². The highest BCUT2D eigenvalue weighted by atomic mass is 16.5. The van der Waals surface area contributed by atoms with Gasteiger partial charge >= 0.3 is 0 Å². The maximum atomic E-state index is 12.5. The first-order chi connectivity index (χ1) is 11.6. The number of amides is 1. The lowest BCUT2D eigenvalue weighted by molar-refractivity contribution is 0.0914. The molecule has 0 saturated heterocycles. The van der Waals surface area contributed by atoms with Gasteiger partial charge in [-0.25, -0.2) is 0 Å². The smallest absolute Gasteiger partial charge is 0.255 e. The number of aliphatic hydroxyl groups is 1. The van der Waals surface area contributed by atoms with Crippen LogP contribution in [0.25, 0.3) is 0 Å². The molecule has 2 aromatic rings. The van der Waals surface area contributed by atoms with Gasteiger partial charge in [-0.05, 0) is 37.1 Å². The third-order valence-corrected chi connectivity index (χ3v) is 3.86. The fraction of sp³-hybridized carbons (Fsp3) is 0.263. The van der Waals surface area contributed by atoms with Crippen molar-refractivity contribution in [1.82, 2.24) is 5.32 Å². The molecule has 0 unspecified atom stereocenters. The standard InChI is InChI=1S/C19H20N2O3/c1-13(12-22)14(2)21-19(23)16-8-4-6-10-18(16)24-17-9-5-3-7-15(17)11-20/h3-10,13-14,22H,12H2,1-2H3,(H,21,23)/t13-,14+/m1/s1. The molecule has 0 aromatic heterocycles. The summed E-state index contributed by atoms with van der Waals surface area (Å²) < 4.78 is 5.79. The number of nitriles is 1. The Morgan fingerprint density at radius 3 is 2.46 bits per heavy atom. The molecule has 2 aromatic carbocycles. The number of aliphatic hydroxyl groups excluding tert-OH is 1. The molecule has 2 atom stereocenters. The first kappa shape index (κ1) is 17.5. The van der Waals surface area contributed by atoms with E-state index in [-0.39, 0.29) is 24.5 Å². The molecule has 0 aliphatic heterocycles. The molecule has 5 heteroatoms. The molecule has 0 fully saturated rings. The van der Waals surface area contributed by atoms with Crippen molar-refractivity contribution in [2.75, 3.05) is 6.61 Å². The van der Waals surface area contributed by atoms with Crippen LogP contribution in [0.2, 0.25) is 0 Å². The summed E-state index contributed by atoms with van der Waals surface area (Å²) in [5.74, 6) is 0.438. The van der Waals surface area contributed by atoms with Crippen molar-refractivity contribution in [1.29, 1.82) is 5.26 Å². The van der Waals surface area contributed by atoms with Gasteiger partial charge in [-0.15, -0.1) is 0 Å². The Morgan fingerprint density at radius 1 is 1.17 bits per heavy atom. The van der Waals surface area contributed by atoms with E-state index in [4.69, 9.17) is 10.00 Å². The third kappa shape index (κ3) is 4.12. The first-order valence-corrected chi connectivity index (χ1v) is 7.74. The minimum atomic E-state index is -0.284. The molecule has 0 radical (unpaired) electrons. The van der Waals surface area contributed by atoms with Crippen LogP contribution in [-0.4, -0.2) is 23.7 Å². The summed E-state index contributed by atoms with van der Waals surface area (Å²) in [4.78, 5) is 12.5. The number of rotatable bonds is 6. The Labute approximate surface area is 141 Å². The van der Waals surface area contributed by atoms with Crippen LogP contribution >= 0.6 is 0 Å². The van der Waals surface area contributed by atoms with Gasteiger partial charge < -0.3 is 15.2 Å². The minimum Gasteiger partial charge on any atom is -0.455 e. The number of ether oxygens (including phenoxy) is 1. The molecular weight excluding hydrogens is 304 g/mol. The zero-order valence-corrected chi connectivity index (χ0v) is 13.7. The Morgan fingerprint density at radius 2 is 1.79 bits per heavy atom. The van der Waals surface area contributed by atoms with Crippen LogP contribution < -0.4 is 10.1 Å². The van der Waals surface area contributed by atoms with Crippen molar-refractivity contribution in [3.05, 3.63) is 59.7 Å². The molecule has 2 rings (SSSR count). The maximum Gasteiger partial charge on any atom is 0.255 e.